The lowest BCUT2D eigenvalue weighted by molar-refractivity contribution is 0.580. The standard InChI is InChI=1S/C11H13N3/c12-10-2-1-3-11-9(10)6-13-14(11)7-8-4-5-8/h1-3,6,8H,4-5,7,12H2. The molecule has 1 aliphatic rings. The second kappa shape index (κ2) is 2.74. The molecule has 1 heterocycles. The van der Waals surface area contributed by atoms with E-state index in [1.807, 2.05) is 18.3 Å². The summed E-state index contributed by atoms with van der Waals surface area (Å²) in [6, 6.07) is 6.00. The van der Waals surface area contributed by atoms with Crippen molar-refractivity contribution in [1.29, 1.82) is 0 Å². The first kappa shape index (κ1) is 7.85. The molecule has 1 saturated carbocycles. The number of hydrogen-bond acceptors (Lipinski definition) is 2. The average molecular weight is 187 g/mol. The number of nitrogens with two attached hydrogens (primary N) is 1. The molecule has 3 rings (SSSR count). The van der Waals surface area contributed by atoms with E-state index in [1.54, 1.807) is 0 Å². The van der Waals surface area contributed by atoms with E-state index in [1.165, 1.54) is 12.8 Å². The van der Waals surface area contributed by atoms with Gasteiger partial charge in [0.15, 0.2) is 0 Å². The van der Waals surface area contributed by atoms with E-state index < -0.39 is 0 Å². The second-order valence-corrected chi connectivity index (χ2v) is 4.05. The number of hydrogen-bond donors (Lipinski definition) is 1. The van der Waals surface area contributed by atoms with E-state index in [0.29, 0.717) is 0 Å². The zero-order valence-corrected chi connectivity index (χ0v) is 7.98. The van der Waals surface area contributed by atoms with Crippen molar-refractivity contribution in [2.45, 2.75) is 19.4 Å². The zero-order chi connectivity index (χ0) is 9.54. The van der Waals surface area contributed by atoms with Gasteiger partial charge in [-0.15, -0.1) is 0 Å². The zero-order valence-electron chi connectivity index (χ0n) is 7.98. The van der Waals surface area contributed by atoms with Crippen molar-refractivity contribution in [3.05, 3.63) is 24.4 Å². The number of aromatic nitrogens is 2. The van der Waals surface area contributed by atoms with Crippen LogP contribution in [0.2, 0.25) is 0 Å². The first-order valence-corrected chi connectivity index (χ1v) is 5.04. The monoisotopic (exact) mass is 187 g/mol. The number of benzene rings is 1. The molecule has 72 valence electrons. The Morgan fingerprint density at radius 2 is 2.29 bits per heavy atom. The molecule has 3 nitrogen and oxygen atoms in total. The molecule has 1 aliphatic carbocycles. The molecule has 0 saturated heterocycles. The first-order chi connectivity index (χ1) is 6.84. The Morgan fingerprint density at radius 3 is 3.07 bits per heavy atom. The summed E-state index contributed by atoms with van der Waals surface area (Å²) in [4.78, 5) is 0. The molecule has 0 amide bonds. The highest BCUT2D eigenvalue weighted by molar-refractivity contribution is 5.90. The molecule has 1 aromatic carbocycles. The number of fused-ring (bicyclic) bond motifs is 1. The van der Waals surface area contributed by atoms with E-state index in [0.717, 1.165) is 29.1 Å². The maximum absolute atomic E-state index is 5.86. The smallest absolute Gasteiger partial charge is 0.0703 e. The van der Waals surface area contributed by atoms with Gasteiger partial charge in [0, 0.05) is 17.6 Å². The van der Waals surface area contributed by atoms with E-state index in [4.69, 9.17) is 5.73 Å². The van der Waals surface area contributed by atoms with Gasteiger partial charge in [-0.2, -0.15) is 5.10 Å². The molecule has 1 fully saturated rings. The van der Waals surface area contributed by atoms with Crippen LogP contribution in [0, 0.1) is 5.92 Å². The summed E-state index contributed by atoms with van der Waals surface area (Å²) in [5, 5.41) is 5.45. The Bertz CT molecular complexity index is 468. The number of rotatable bonds is 2. The molecule has 0 atom stereocenters. The lowest BCUT2D eigenvalue weighted by Gasteiger charge is -2.01. The van der Waals surface area contributed by atoms with Crippen LogP contribution in [0.25, 0.3) is 10.9 Å². The lowest BCUT2D eigenvalue weighted by atomic mass is 10.2. The van der Waals surface area contributed by atoms with Gasteiger partial charge in [0.25, 0.3) is 0 Å². The van der Waals surface area contributed by atoms with Crippen molar-refractivity contribution in [2.75, 3.05) is 5.73 Å². The summed E-state index contributed by atoms with van der Waals surface area (Å²) in [6.07, 6.45) is 4.57. The third kappa shape index (κ3) is 1.16. The largest absolute Gasteiger partial charge is 0.398 e. The molecule has 0 bridgehead atoms. The second-order valence-electron chi connectivity index (χ2n) is 4.05. The average Bonchev–Trinajstić information content (AvgIpc) is 2.88. The van der Waals surface area contributed by atoms with Crippen molar-refractivity contribution in [3.8, 4) is 0 Å². The Hall–Kier alpha value is -1.51. The van der Waals surface area contributed by atoms with Crippen molar-refractivity contribution < 1.29 is 0 Å². The number of nitrogen functional groups attached to an aromatic ring is 1. The van der Waals surface area contributed by atoms with Crippen LogP contribution in [-0.2, 0) is 6.54 Å². The first-order valence-electron chi connectivity index (χ1n) is 5.04. The fourth-order valence-corrected chi connectivity index (χ4v) is 1.82. The van der Waals surface area contributed by atoms with Gasteiger partial charge in [-0.05, 0) is 30.9 Å². The van der Waals surface area contributed by atoms with Crippen molar-refractivity contribution in [1.82, 2.24) is 9.78 Å². The third-order valence-corrected chi connectivity index (χ3v) is 2.85. The topological polar surface area (TPSA) is 43.8 Å². The maximum atomic E-state index is 5.86. The minimum absolute atomic E-state index is 0.824. The van der Waals surface area contributed by atoms with E-state index >= 15 is 0 Å². The van der Waals surface area contributed by atoms with E-state index in [9.17, 15) is 0 Å². The van der Waals surface area contributed by atoms with E-state index in [-0.39, 0.29) is 0 Å². The normalized spacial score (nSPS) is 16.3. The summed E-state index contributed by atoms with van der Waals surface area (Å²) in [5.41, 5.74) is 7.85. The van der Waals surface area contributed by atoms with Gasteiger partial charge in [-0.3, -0.25) is 4.68 Å². The molecular weight excluding hydrogens is 174 g/mol. The van der Waals surface area contributed by atoms with Crippen LogP contribution in [0.5, 0.6) is 0 Å². The highest BCUT2D eigenvalue weighted by atomic mass is 15.3. The summed E-state index contributed by atoms with van der Waals surface area (Å²) < 4.78 is 2.07. The Morgan fingerprint density at radius 1 is 1.43 bits per heavy atom. The number of nitrogens with zero attached hydrogens (tertiary/aromatic N) is 2. The quantitative estimate of drug-likeness (QED) is 0.731. The van der Waals surface area contributed by atoms with Crippen LogP contribution in [0.4, 0.5) is 5.69 Å². The summed E-state index contributed by atoms with van der Waals surface area (Å²) >= 11 is 0. The van der Waals surface area contributed by atoms with Crippen LogP contribution >= 0.6 is 0 Å². The van der Waals surface area contributed by atoms with Crippen molar-refractivity contribution in [2.24, 2.45) is 5.92 Å². The fourth-order valence-electron chi connectivity index (χ4n) is 1.82. The molecule has 3 heteroatoms. The Balaban J connectivity index is 2.10. The Labute approximate surface area is 82.5 Å². The highest BCUT2D eigenvalue weighted by Crippen LogP contribution is 2.31. The Kier molecular flexibility index (Phi) is 1.54. The molecule has 2 aromatic rings. The highest BCUT2D eigenvalue weighted by Gasteiger charge is 2.22. The fraction of sp³-hybridized carbons (Fsp3) is 0.364. The minimum Gasteiger partial charge on any atom is -0.398 e. The van der Waals surface area contributed by atoms with Crippen LogP contribution in [0.1, 0.15) is 12.8 Å². The predicted molar refractivity (Wildman–Crippen MR) is 56.9 cm³/mol. The molecule has 0 spiro atoms. The van der Waals surface area contributed by atoms with Crippen LogP contribution < -0.4 is 5.73 Å². The molecule has 0 aliphatic heterocycles. The van der Waals surface area contributed by atoms with Gasteiger partial charge in [0.05, 0.1) is 11.7 Å². The van der Waals surface area contributed by atoms with Gasteiger partial charge in [0.1, 0.15) is 0 Å². The van der Waals surface area contributed by atoms with Gasteiger partial charge in [-0.1, -0.05) is 6.07 Å². The molecule has 0 unspecified atom stereocenters. The van der Waals surface area contributed by atoms with Crippen LogP contribution in [0.3, 0.4) is 0 Å². The van der Waals surface area contributed by atoms with Gasteiger partial charge >= 0.3 is 0 Å². The molecule has 2 N–H and O–H groups in total. The summed E-state index contributed by atoms with van der Waals surface area (Å²) in [7, 11) is 0. The van der Waals surface area contributed by atoms with Crippen molar-refractivity contribution >= 4 is 16.6 Å². The minimum atomic E-state index is 0.824. The molecule has 14 heavy (non-hydrogen) atoms. The third-order valence-electron chi connectivity index (χ3n) is 2.85. The lowest BCUT2D eigenvalue weighted by Crippen LogP contribution is -2.01. The van der Waals surface area contributed by atoms with Gasteiger partial charge in [0.2, 0.25) is 0 Å². The van der Waals surface area contributed by atoms with Gasteiger partial charge in [-0.25, -0.2) is 0 Å². The molecule has 1 aromatic heterocycles. The van der Waals surface area contributed by atoms with Crippen LogP contribution in [0.15, 0.2) is 24.4 Å². The van der Waals surface area contributed by atoms with Gasteiger partial charge < -0.3 is 5.73 Å². The summed E-state index contributed by atoms with van der Waals surface area (Å²) in [5.74, 6) is 0.847. The molecule has 0 radical (unpaired) electrons. The number of anilines is 1. The van der Waals surface area contributed by atoms with E-state index in [2.05, 4.69) is 15.8 Å². The summed E-state index contributed by atoms with van der Waals surface area (Å²) in [6.45, 7) is 1.05. The maximum Gasteiger partial charge on any atom is 0.0703 e. The van der Waals surface area contributed by atoms with Crippen LogP contribution in [-0.4, -0.2) is 9.78 Å². The molecular formula is C11H13N3. The SMILES string of the molecule is Nc1cccc2c1cnn2CC1CC1. The van der Waals surface area contributed by atoms with Crippen molar-refractivity contribution in [3.63, 3.8) is 0 Å². The predicted octanol–water partition coefficient (Wildman–Crippen LogP) is 2.03.